The van der Waals surface area contributed by atoms with Crippen LogP contribution in [0.5, 0.6) is 5.75 Å². The number of benzene rings is 6. The van der Waals surface area contributed by atoms with E-state index >= 15 is 0 Å². The second kappa shape index (κ2) is 18.7. The van der Waals surface area contributed by atoms with Gasteiger partial charge >= 0.3 is 0 Å². The monoisotopic (exact) mass is 1050 g/mol. The summed E-state index contributed by atoms with van der Waals surface area (Å²) in [6, 6.07) is 22.4. The molecule has 336 valence electrons. The molecule has 5 heteroatoms. The van der Waals surface area contributed by atoms with Crippen LogP contribution in [-0.4, -0.2) is 19.6 Å². The molecule has 0 aliphatic carbocycles. The van der Waals surface area contributed by atoms with Gasteiger partial charge in [-0.1, -0.05) is 166 Å². The van der Waals surface area contributed by atoms with Crippen LogP contribution in [0.4, 0.5) is 0 Å². The van der Waals surface area contributed by atoms with Crippen LogP contribution in [0.15, 0.2) is 121 Å². The van der Waals surface area contributed by atoms with Crippen LogP contribution in [0, 0.1) is 19.8 Å². The molecule has 0 spiro atoms. The Balaban J connectivity index is 0.00000924. The van der Waals surface area contributed by atoms with Crippen molar-refractivity contribution in [3.63, 3.8) is 0 Å². The molecule has 0 bridgehead atoms. The third-order valence-electron chi connectivity index (χ3n) is 11.8. The topological polar surface area (TPSA) is 50.9 Å². The zero-order valence-electron chi connectivity index (χ0n) is 53.8. The molecule has 0 amide bonds. The van der Waals surface area contributed by atoms with Gasteiger partial charge < -0.3 is 5.11 Å². The van der Waals surface area contributed by atoms with Gasteiger partial charge in [-0.05, 0) is 123 Å². The average molecular weight is 1050 g/mol. The predicted octanol–water partition coefficient (Wildman–Crippen LogP) is 16.7. The number of aryl methyl sites for hydroxylation is 1. The number of hydrogen-bond acceptors (Lipinski definition) is 3. The first-order valence-corrected chi connectivity index (χ1v) is 21.7. The van der Waals surface area contributed by atoms with Crippen molar-refractivity contribution in [1.82, 2.24) is 14.5 Å². The fraction of sp³-hybridized carbons (Fsp3) is 0.300. The number of aromatic hydroxyl groups is 1. The Morgan fingerprint density at radius 1 is 0.708 bits per heavy atom. The summed E-state index contributed by atoms with van der Waals surface area (Å²) in [5, 5.41) is 12.4. The van der Waals surface area contributed by atoms with Gasteiger partial charge in [0.15, 0.2) is 0 Å². The van der Waals surface area contributed by atoms with Crippen LogP contribution in [0.2, 0.25) is 0 Å². The van der Waals surface area contributed by atoms with E-state index in [4.69, 9.17) is 21.4 Å². The molecular weight excluding hydrogens is 974 g/mol. The number of imidazole rings is 1. The number of para-hydroxylation sites is 1. The van der Waals surface area contributed by atoms with Crippen molar-refractivity contribution in [3.8, 4) is 67.5 Å². The van der Waals surface area contributed by atoms with Crippen LogP contribution >= 0.6 is 0 Å². The largest absolute Gasteiger partial charge is 0.507 e. The maximum Gasteiger partial charge on any atom is 0.148 e. The second-order valence-corrected chi connectivity index (χ2v) is 18.6. The van der Waals surface area contributed by atoms with Crippen LogP contribution < -0.4 is 0 Å². The number of rotatable bonds is 10. The van der Waals surface area contributed by atoms with Crippen molar-refractivity contribution < 1.29 is 46.7 Å². The minimum atomic E-state index is -3.01. The number of aromatic nitrogens is 3. The molecule has 1 N–H and O–H groups in total. The van der Waals surface area contributed by atoms with E-state index in [-0.39, 0.29) is 67.0 Å². The van der Waals surface area contributed by atoms with E-state index in [1.165, 1.54) is 0 Å². The molecule has 2 aromatic heterocycles. The Labute approximate surface area is 423 Å². The summed E-state index contributed by atoms with van der Waals surface area (Å²) in [6.07, 6.45) is -0.647. The van der Waals surface area contributed by atoms with Gasteiger partial charge in [-0.3, -0.25) is 9.55 Å². The number of pyridine rings is 1. The van der Waals surface area contributed by atoms with E-state index in [1.54, 1.807) is 68.7 Å². The van der Waals surface area contributed by atoms with E-state index in [0.29, 0.717) is 61.1 Å². The normalized spacial score (nSPS) is 16.0. The summed E-state index contributed by atoms with van der Waals surface area (Å²) < 4.78 is 134. The number of fused-ring (bicyclic) bond motifs is 1. The van der Waals surface area contributed by atoms with E-state index in [0.717, 1.165) is 5.56 Å². The summed E-state index contributed by atoms with van der Waals surface area (Å²) in [7, 11) is 0. The quantitative estimate of drug-likeness (QED) is 0.139. The SMILES string of the molecule is [2H]c1nc(-c2[c-]c(-c3cccc4c3nc(-c3cc(C(C)C)cc(C(C)C)c3O)n4-c3ccc(-c4c(C([2H])(C)C)cccc4C([2H])(C)C)cc3C([2H])([2H])[2H])cc(C(C)(C)C)c2)c([2H])c(-c2c([2H])c([2H])c(C([2H])([2H])[2H])c([2H])c2[2H])c1[2H].[Pt]. The molecule has 0 atom stereocenters. The van der Waals surface area contributed by atoms with Crippen LogP contribution in [-0.2, 0) is 26.5 Å². The third-order valence-corrected chi connectivity index (χ3v) is 11.8. The smallest absolute Gasteiger partial charge is 0.148 e. The summed E-state index contributed by atoms with van der Waals surface area (Å²) in [5.74, 6) is -2.19. The van der Waals surface area contributed by atoms with Gasteiger partial charge in [-0.15, -0.1) is 29.3 Å². The van der Waals surface area contributed by atoms with Crippen molar-refractivity contribution in [3.05, 3.63) is 166 Å². The van der Waals surface area contributed by atoms with Crippen LogP contribution in [0.3, 0.4) is 0 Å². The summed E-state index contributed by atoms with van der Waals surface area (Å²) >= 11 is 0. The zero-order valence-corrected chi connectivity index (χ0v) is 41.0. The molecule has 8 rings (SSSR count). The van der Waals surface area contributed by atoms with Gasteiger partial charge in [-0.2, -0.15) is 0 Å². The number of hydrogen-bond donors (Lipinski definition) is 1. The van der Waals surface area contributed by atoms with Crippen molar-refractivity contribution in [2.24, 2.45) is 0 Å². The summed E-state index contributed by atoms with van der Waals surface area (Å²) in [6.45, 7) is 15.2. The first-order chi connectivity index (χ1) is 36.4. The Morgan fingerprint density at radius 3 is 2.03 bits per heavy atom. The zero-order chi connectivity index (χ0) is 58.7. The average Bonchev–Trinajstić information content (AvgIpc) is 3.73. The summed E-state index contributed by atoms with van der Waals surface area (Å²) in [4.78, 5) is 9.76. The van der Waals surface area contributed by atoms with E-state index in [9.17, 15) is 9.22 Å². The fourth-order valence-electron chi connectivity index (χ4n) is 8.23. The van der Waals surface area contributed by atoms with E-state index < -0.39 is 90.0 Å². The molecule has 8 aromatic rings. The van der Waals surface area contributed by atoms with Gasteiger partial charge in [0.1, 0.15) is 11.6 Å². The van der Waals surface area contributed by atoms with Gasteiger partial charge in [0.2, 0.25) is 0 Å². The molecule has 0 saturated carbocycles. The Morgan fingerprint density at radius 2 is 1.40 bits per heavy atom. The van der Waals surface area contributed by atoms with Crippen LogP contribution in [0.25, 0.3) is 72.7 Å². The molecular formula is C60H64N3OPt-. The predicted molar refractivity (Wildman–Crippen MR) is 271 cm³/mol. The molecule has 0 fully saturated rings. The molecule has 65 heavy (non-hydrogen) atoms. The third kappa shape index (κ3) is 9.30. The standard InChI is InChI=1S/C60H64N3O.Pt/c1-35(2)44-32-51(38(7)8)58(64)52(33-44)59-62-57-50(45-29-46(31-47(30-45)60(11,12)13)53-34-42(26-27-61-53)41-22-20-39(9)21-23-41)18-15-19-55(57)63(59)54-25-24-43(28-40(54)10)56-48(36(3)4)16-14-17-49(56)37(5)6;/h14-28,30-38,64H,1-13H3;/q-1;/i9D3,10D3,20D,21D,22D,23D,26D,27D,34D,36D,37D;. The van der Waals surface area contributed by atoms with Crippen molar-refractivity contribution in [1.29, 1.82) is 0 Å². The number of phenolic OH excluding ortho intramolecular Hbond substituents is 1. The van der Waals surface area contributed by atoms with Crippen molar-refractivity contribution in [2.45, 2.75) is 119 Å². The number of phenols is 1. The summed E-state index contributed by atoms with van der Waals surface area (Å²) in [5.41, 5.74) is 4.48. The van der Waals surface area contributed by atoms with Crippen molar-refractivity contribution >= 4 is 11.0 Å². The Kier molecular flexibility index (Phi) is 9.04. The molecule has 2 heterocycles. The molecule has 0 radical (unpaired) electrons. The molecule has 4 nitrogen and oxygen atoms in total. The minimum absolute atomic E-state index is 0. The van der Waals surface area contributed by atoms with Crippen molar-refractivity contribution in [2.75, 3.05) is 0 Å². The molecule has 0 aliphatic rings. The van der Waals surface area contributed by atoms with Gasteiger partial charge in [0.25, 0.3) is 0 Å². The van der Waals surface area contributed by atoms with Gasteiger partial charge in [-0.25, -0.2) is 4.98 Å². The van der Waals surface area contributed by atoms with Gasteiger partial charge in [0.05, 0.1) is 31.9 Å². The number of nitrogens with zero attached hydrogens (tertiary/aromatic N) is 3. The Bertz CT molecular complexity index is 3700. The molecule has 0 aliphatic heterocycles. The van der Waals surface area contributed by atoms with Crippen LogP contribution in [0.1, 0.15) is 159 Å². The second-order valence-electron chi connectivity index (χ2n) is 18.6. The molecule has 0 unspecified atom stereocenters. The fourth-order valence-corrected chi connectivity index (χ4v) is 8.23. The maximum atomic E-state index is 12.4. The van der Waals surface area contributed by atoms with Gasteiger partial charge in [0, 0.05) is 43.9 Å². The maximum absolute atomic E-state index is 12.4. The molecule has 6 aromatic carbocycles. The van der Waals surface area contributed by atoms with E-state index in [2.05, 4.69) is 11.1 Å². The Hall–Kier alpha value is -5.57. The van der Waals surface area contributed by atoms with E-state index in [1.807, 2.05) is 90.9 Å². The first kappa shape index (κ1) is 31.4. The molecule has 0 saturated heterocycles. The first-order valence-electron chi connectivity index (χ1n) is 29.2. The minimum Gasteiger partial charge on any atom is -0.507 e.